The molecule has 0 aliphatic carbocycles. The fraction of sp³-hybridized carbons (Fsp3) is 0.600. The van der Waals surface area contributed by atoms with Crippen molar-refractivity contribution in [1.82, 2.24) is 4.98 Å². The quantitative estimate of drug-likeness (QED) is 0.398. The number of nitrogens with two attached hydrogens (primary N) is 1. The highest BCUT2D eigenvalue weighted by Gasteiger charge is 2.19. The van der Waals surface area contributed by atoms with Crippen molar-refractivity contribution >= 4 is 34.9 Å². The summed E-state index contributed by atoms with van der Waals surface area (Å²) in [5.41, 5.74) is 5.44. The van der Waals surface area contributed by atoms with Gasteiger partial charge in [0.25, 0.3) is 0 Å². The number of aromatic nitrogens is 1. The van der Waals surface area contributed by atoms with E-state index in [0.717, 1.165) is 25.7 Å². The zero-order chi connectivity index (χ0) is 17.4. The Hall–Kier alpha value is -1.27. The van der Waals surface area contributed by atoms with Gasteiger partial charge >= 0.3 is 5.97 Å². The van der Waals surface area contributed by atoms with Gasteiger partial charge in [0.2, 0.25) is 11.8 Å². The molecule has 8 heteroatoms. The third-order valence-corrected chi connectivity index (χ3v) is 3.88. The van der Waals surface area contributed by atoms with Crippen LogP contribution in [0.3, 0.4) is 0 Å². The van der Waals surface area contributed by atoms with Gasteiger partial charge in [0.15, 0.2) is 0 Å². The van der Waals surface area contributed by atoms with Crippen molar-refractivity contribution in [2.75, 3.05) is 12.3 Å². The Morgan fingerprint density at radius 3 is 2.61 bits per heavy atom. The molecule has 1 unspecified atom stereocenters. The summed E-state index contributed by atoms with van der Waals surface area (Å²) in [7, 11) is 0. The van der Waals surface area contributed by atoms with Crippen LogP contribution in [0.25, 0.3) is 0 Å². The maximum absolute atomic E-state index is 13.5. The summed E-state index contributed by atoms with van der Waals surface area (Å²) in [5.74, 6) is -1.54. The molecule has 0 aromatic carbocycles. The van der Waals surface area contributed by atoms with Crippen molar-refractivity contribution in [3.05, 3.63) is 16.0 Å². The molecule has 130 valence electrons. The second kappa shape index (κ2) is 9.78. The van der Waals surface area contributed by atoms with Gasteiger partial charge in [-0.3, -0.25) is 4.79 Å². The fourth-order valence-electron chi connectivity index (χ4n) is 1.99. The maximum atomic E-state index is 13.5. The third kappa shape index (κ3) is 6.39. The van der Waals surface area contributed by atoms with Gasteiger partial charge in [0, 0.05) is 6.92 Å². The van der Waals surface area contributed by atoms with Crippen molar-refractivity contribution < 1.29 is 18.7 Å². The van der Waals surface area contributed by atoms with Crippen molar-refractivity contribution in [3.8, 4) is 5.88 Å². The SMILES string of the molecule is CCCCCCC(COc1nc(F)c(Cl)c(N)c1Cl)OC(C)=O. The molecule has 0 saturated carbocycles. The summed E-state index contributed by atoms with van der Waals surface area (Å²) in [5, 5.41) is -0.414. The lowest BCUT2D eigenvalue weighted by molar-refractivity contribution is -0.148. The van der Waals surface area contributed by atoms with Crippen molar-refractivity contribution in [3.63, 3.8) is 0 Å². The van der Waals surface area contributed by atoms with E-state index >= 15 is 0 Å². The Balaban J connectivity index is 2.68. The van der Waals surface area contributed by atoms with Crippen molar-refractivity contribution in [2.24, 2.45) is 0 Å². The number of esters is 1. The molecule has 1 heterocycles. The molecule has 1 atom stereocenters. The molecular weight excluding hydrogens is 346 g/mol. The predicted octanol–water partition coefficient (Wildman–Crippen LogP) is 4.39. The van der Waals surface area contributed by atoms with E-state index in [2.05, 4.69) is 11.9 Å². The predicted molar refractivity (Wildman–Crippen MR) is 88.4 cm³/mol. The number of nitrogen functional groups attached to an aromatic ring is 1. The molecular formula is C15H21Cl2FN2O3. The molecule has 1 aromatic rings. The van der Waals surface area contributed by atoms with E-state index in [9.17, 15) is 9.18 Å². The van der Waals surface area contributed by atoms with Crippen molar-refractivity contribution in [1.29, 1.82) is 0 Å². The molecule has 1 rings (SSSR count). The lowest BCUT2D eigenvalue weighted by Gasteiger charge is -2.18. The first kappa shape index (κ1) is 19.8. The van der Waals surface area contributed by atoms with Crippen LogP contribution >= 0.6 is 23.2 Å². The minimum Gasteiger partial charge on any atom is -0.473 e. The zero-order valence-corrected chi connectivity index (χ0v) is 14.7. The van der Waals surface area contributed by atoms with Crippen LogP contribution in [0.2, 0.25) is 10.0 Å². The van der Waals surface area contributed by atoms with Gasteiger partial charge in [-0.15, -0.1) is 0 Å². The van der Waals surface area contributed by atoms with E-state index in [-0.39, 0.29) is 28.2 Å². The number of anilines is 1. The molecule has 0 spiro atoms. The highest BCUT2D eigenvalue weighted by atomic mass is 35.5. The molecule has 0 saturated heterocycles. The Bertz CT molecular complexity index is 544. The van der Waals surface area contributed by atoms with Gasteiger partial charge in [-0.25, -0.2) is 0 Å². The maximum Gasteiger partial charge on any atom is 0.303 e. The Morgan fingerprint density at radius 1 is 1.30 bits per heavy atom. The smallest absolute Gasteiger partial charge is 0.303 e. The number of rotatable bonds is 9. The average molecular weight is 367 g/mol. The Kier molecular flexibility index (Phi) is 8.41. The molecule has 2 N–H and O–H groups in total. The molecule has 0 aliphatic heterocycles. The molecule has 0 fully saturated rings. The van der Waals surface area contributed by atoms with Gasteiger partial charge in [0.1, 0.15) is 22.8 Å². The zero-order valence-electron chi connectivity index (χ0n) is 13.2. The molecule has 23 heavy (non-hydrogen) atoms. The minimum absolute atomic E-state index is 0.0128. The number of carbonyl (C=O) groups is 1. The fourth-order valence-corrected chi connectivity index (χ4v) is 2.36. The second-order valence-corrected chi connectivity index (χ2v) is 5.90. The van der Waals surface area contributed by atoms with Crippen molar-refractivity contribution in [2.45, 2.75) is 52.1 Å². The monoisotopic (exact) mass is 366 g/mol. The van der Waals surface area contributed by atoms with Crippen LogP contribution in [0.15, 0.2) is 0 Å². The van der Waals surface area contributed by atoms with Crippen LogP contribution in [0.4, 0.5) is 10.1 Å². The lowest BCUT2D eigenvalue weighted by atomic mass is 10.1. The number of halogens is 3. The number of carbonyl (C=O) groups excluding carboxylic acids is 1. The van der Waals surface area contributed by atoms with E-state index in [4.69, 9.17) is 38.4 Å². The van der Waals surface area contributed by atoms with E-state index in [0.29, 0.717) is 6.42 Å². The summed E-state index contributed by atoms with van der Waals surface area (Å²) >= 11 is 11.5. The molecule has 0 bridgehead atoms. The van der Waals surface area contributed by atoms with Crippen LogP contribution in [0, 0.1) is 5.95 Å². The van der Waals surface area contributed by atoms with E-state index < -0.39 is 18.0 Å². The molecule has 0 aliphatic rings. The van der Waals surface area contributed by atoms with Gasteiger partial charge in [-0.2, -0.15) is 9.37 Å². The first-order valence-corrected chi connectivity index (χ1v) is 8.22. The van der Waals surface area contributed by atoms with E-state index in [1.54, 1.807) is 0 Å². The Labute approximate surface area is 145 Å². The lowest BCUT2D eigenvalue weighted by Crippen LogP contribution is -2.24. The molecule has 5 nitrogen and oxygen atoms in total. The normalized spacial score (nSPS) is 12.0. The first-order valence-electron chi connectivity index (χ1n) is 7.46. The van der Waals surface area contributed by atoms with Crippen LogP contribution in [0.1, 0.15) is 46.0 Å². The summed E-state index contributed by atoms with van der Waals surface area (Å²) in [6, 6.07) is 0. The molecule has 1 aromatic heterocycles. The van der Waals surface area contributed by atoms with Crippen LogP contribution in [-0.4, -0.2) is 23.7 Å². The summed E-state index contributed by atoms with van der Waals surface area (Å²) < 4.78 is 24.1. The summed E-state index contributed by atoms with van der Waals surface area (Å²) in [4.78, 5) is 14.7. The topological polar surface area (TPSA) is 74.4 Å². The van der Waals surface area contributed by atoms with Gasteiger partial charge in [-0.05, 0) is 12.8 Å². The first-order chi connectivity index (χ1) is 10.9. The number of unbranched alkanes of at least 4 members (excludes halogenated alkanes) is 3. The number of hydrogen-bond donors (Lipinski definition) is 1. The van der Waals surface area contributed by atoms with Crippen LogP contribution in [-0.2, 0) is 9.53 Å². The highest BCUT2D eigenvalue weighted by molar-refractivity contribution is 6.39. The summed E-state index contributed by atoms with van der Waals surface area (Å²) in [6.45, 7) is 3.45. The standard InChI is InChI=1S/C15H21Cl2FN2O3/c1-3-4-5-6-7-10(23-9(2)21)8-22-15-12(17)13(19)11(16)14(18)20-15/h10H,3-8H2,1-2H3,(H2,19,20). The number of pyridine rings is 1. The van der Waals surface area contributed by atoms with Crippen LogP contribution < -0.4 is 10.5 Å². The number of ether oxygens (including phenoxy) is 2. The molecule has 0 amide bonds. The number of nitrogens with zero attached hydrogens (tertiary/aromatic N) is 1. The second-order valence-electron chi connectivity index (χ2n) is 5.14. The number of hydrogen-bond acceptors (Lipinski definition) is 5. The minimum atomic E-state index is -0.962. The van der Waals surface area contributed by atoms with Gasteiger partial charge in [-0.1, -0.05) is 49.4 Å². The highest BCUT2D eigenvalue weighted by Crippen LogP contribution is 2.35. The van der Waals surface area contributed by atoms with E-state index in [1.165, 1.54) is 6.92 Å². The third-order valence-electron chi connectivity index (χ3n) is 3.16. The largest absolute Gasteiger partial charge is 0.473 e. The Morgan fingerprint density at radius 2 is 2.00 bits per heavy atom. The van der Waals surface area contributed by atoms with Gasteiger partial charge in [0.05, 0.1) is 5.69 Å². The van der Waals surface area contributed by atoms with Gasteiger partial charge < -0.3 is 15.2 Å². The van der Waals surface area contributed by atoms with Crippen LogP contribution in [0.5, 0.6) is 5.88 Å². The van der Waals surface area contributed by atoms with E-state index in [1.807, 2.05) is 0 Å². The summed E-state index contributed by atoms with van der Waals surface area (Å²) in [6.07, 6.45) is 4.34. The average Bonchev–Trinajstić information content (AvgIpc) is 2.50. The molecule has 0 radical (unpaired) electrons.